The highest BCUT2D eigenvalue weighted by molar-refractivity contribution is 5.75. The molecular formula is C20H28N4O2. The molecular weight excluding hydrogens is 328 g/mol. The van der Waals surface area contributed by atoms with Crippen molar-refractivity contribution in [3.8, 4) is 0 Å². The van der Waals surface area contributed by atoms with E-state index < -0.39 is 0 Å². The summed E-state index contributed by atoms with van der Waals surface area (Å²) in [7, 11) is 0. The molecule has 140 valence electrons. The molecule has 1 aliphatic heterocycles. The van der Waals surface area contributed by atoms with Gasteiger partial charge >= 0.3 is 0 Å². The Morgan fingerprint density at radius 2 is 1.92 bits per heavy atom. The van der Waals surface area contributed by atoms with Gasteiger partial charge in [0.1, 0.15) is 6.54 Å². The van der Waals surface area contributed by atoms with Crippen molar-refractivity contribution < 1.29 is 9.53 Å². The molecule has 0 aliphatic carbocycles. The molecule has 2 atom stereocenters. The van der Waals surface area contributed by atoms with E-state index in [1.54, 1.807) is 10.9 Å². The van der Waals surface area contributed by atoms with Crippen molar-refractivity contribution in [2.45, 2.75) is 52.6 Å². The summed E-state index contributed by atoms with van der Waals surface area (Å²) in [6, 6.07) is 8.30. The van der Waals surface area contributed by atoms with Crippen LogP contribution in [0.15, 0.2) is 36.7 Å². The van der Waals surface area contributed by atoms with E-state index in [1.165, 1.54) is 5.56 Å². The third-order valence-electron chi connectivity index (χ3n) is 4.55. The lowest BCUT2D eigenvalue weighted by Crippen LogP contribution is -2.45. The number of hydrogen-bond donors (Lipinski definition) is 1. The van der Waals surface area contributed by atoms with E-state index in [9.17, 15) is 4.79 Å². The molecule has 6 heteroatoms. The number of ether oxygens (including phenoxy) is 1. The van der Waals surface area contributed by atoms with Crippen LogP contribution in [0.25, 0.3) is 0 Å². The molecule has 1 aliphatic rings. The minimum atomic E-state index is -0.0310. The first kappa shape index (κ1) is 18.6. The van der Waals surface area contributed by atoms with Crippen LogP contribution >= 0.6 is 0 Å². The van der Waals surface area contributed by atoms with Gasteiger partial charge in [0.2, 0.25) is 5.91 Å². The van der Waals surface area contributed by atoms with Gasteiger partial charge in [-0.25, -0.2) is 0 Å². The second-order valence-corrected chi connectivity index (χ2v) is 7.21. The number of morpholine rings is 1. The molecule has 3 rings (SSSR count). The Hall–Kier alpha value is -2.18. The number of hydrogen-bond acceptors (Lipinski definition) is 4. The number of aromatic nitrogens is 2. The predicted octanol–water partition coefficient (Wildman–Crippen LogP) is 2.12. The number of benzene rings is 1. The SMILES string of the molecule is Cc1cnn(CC(=O)NCc2ccccc2CN2CC(C)OC(C)C2)c1. The van der Waals surface area contributed by atoms with E-state index in [1.807, 2.05) is 19.2 Å². The Balaban J connectivity index is 1.57. The van der Waals surface area contributed by atoms with E-state index in [4.69, 9.17) is 4.74 Å². The highest BCUT2D eigenvalue weighted by Crippen LogP contribution is 2.17. The topological polar surface area (TPSA) is 59.4 Å². The standard InChI is InChI=1S/C20H28N4O2/c1-15-8-22-24(10-15)14-20(25)21-9-18-6-4-5-7-19(18)13-23-11-16(2)26-17(3)12-23/h4-8,10,16-17H,9,11-14H2,1-3H3,(H,21,25). The quantitative estimate of drug-likeness (QED) is 0.861. The maximum absolute atomic E-state index is 12.2. The van der Waals surface area contributed by atoms with Gasteiger partial charge in [0.15, 0.2) is 0 Å². The fourth-order valence-corrected chi connectivity index (χ4v) is 3.49. The zero-order chi connectivity index (χ0) is 18.5. The van der Waals surface area contributed by atoms with Gasteiger partial charge in [0, 0.05) is 32.4 Å². The first-order valence-electron chi connectivity index (χ1n) is 9.20. The molecule has 1 aromatic heterocycles. The summed E-state index contributed by atoms with van der Waals surface area (Å²) in [6.07, 6.45) is 4.13. The second-order valence-electron chi connectivity index (χ2n) is 7.21. The summed E-state index contributed by atoms with van der Waals surface area (Å²) in [4.78, 5) is 14.6. The van der Waals surface area contributed by atoms with Crippen LogP contribution in [-0.4, -0.2) is 45.9 Å². The molecule has 0 spiro atoms. The largest absolute Gasteiger partial charge is 0.373 e. The zero-order valence-electron chi connectivity index (χ0n) is 15.8. The molecule has 2 unspecified atom stereocenters. The van der Waals surface area contributed by atoms with Crippen molar-refractivity contribution >= 4 is 5.91 Å². The third kappa shape index (κ3) is 5.16. The van der Waals surface area contributed by atoms with Crippen molar-refractivity contribution in [1.29, 1.82) is 0 Å². The molecule has 1 saturated heterocycles. The maximum Gasteiger partial charge on any atom is 0.241 e. The van der Waals surface area contributed by atoms with E-state index in [0.717, 1.165) is 30.8 Å². The molecule has 6 nitrogen and oxygen atoms in total. The number of rotatable bonds is 6. The second kappa shape index (κ2) is 8.47. The molecule has 2 aromatic rings. The summed E-state index contributed by atoms with van der Waals surface area (Å²) in [5.41, 5.74) is 3.46. The number of nitrogens with zero attached hydrogens (tertiary/aromatic N) is 3. The maximum atomic E-state index is 12.2. The van der Waals surface area contributed by atoms with Gasteiger partial charge in [-0.05, 0) is 37.5 Å². The highest BCUT2D eigenvalue weighted by atomic mass is 16.5. The number of amides is 1. The van der Waals surface area contributed by atoms with Crippen molar-refractivity contribution in [3.63, 3.8) is 0 Å². The lowest BCUT2D eigenvalue weighted by Gasteiger charge is -2.35. The van der Waals surface area contributed by atoms with Crippen molar-refractivity contribution in [1.82, 2.24) is 20.0 Å². The molecule has 1 amide bonds. The molecule has 26 heavy (non-hydrogen) atoms. The zero-order valence-corrected chi connectivity index (χ0v) is 15.8. The van der Waals surface area contributed by atoms with Crippen LogP contribution in [0.1, 0.15) is 30.5 Å². The number of carbonyl (C=O) groups is 1. The molecule has 1 fully saturated rings. The van der Waals surface area contributed by atoms with E-state index in [-0.39, 0.29) is 24.7 Å². The summed E-state index contributed by atoms with van der Waals surface area (Å²) in [5.74, 6) is -0.0310. The molecule has 0 bridgehead atoms. The van der Waals surface area contributed by atoms with Gasteiger partial charge in [-0.15, -0.1) is 0 Å². The van der Waals surface area contributed by atoms with Gasteiger partial charge in [0.25, 0.3) is 0 Å². The number of carbonyl (C=O) groups excluding carboxylic acids is 1. The third-order valence-corrected chi connectivity index (χ3v) is 4.55. The van der Waals surface area contributed by atoms with Crippen molar-refractivity contribution in [2.75, 3.05) is 13.1 Å². The van der Waals surface area contributed by atoms with Gasteiger partial charge in [-0.3, -0.25) is 14.4 Å². The molecule has 2 heterocycles. The van der Waals surface area contributed by atoms with E-state index in [2.05, 4.69) is 47.4 Å². The highest BCUT2D eigenvalue weighted by Gasteiger charge is 2.22. The van der Waals surface area contributed by atoms with Crippen molar-refractivity contribution in [3.05, 3.63) is 53.3 Å². The van der Waals surface area contributed by atoms with E-state index in [0.29, 0.717) is 6.54 Å². The molecule has 0 radical (unpaired) electrons. The normalized spacial score (nSPS) is 20.9. The lowest BCUT2D eigenvalue weighted by atomic mass is 10.1. The monoisotopic (exact) mass is 356 g/mol. The summed E-state index contributed by atoms with van der Waals surface area (Å²) in [5, 5.41) is 7.17. The lowest BCUT2D eigenvalue weighted by molar-refractivity contribution is -0.122. The van der Waals surface area contributed by atoms with E-state index >= 15 is 0 Å². The summed E-state index contributed by atoms with van der Waals surface area (Å²) >= 11 is 0. The molecule has 0 saturated carbocycles. The van der Waals surface area contributed by atoms with Crippen LogP contribution in [0.2, 0.25) is 0 Å². The minimum absolute atomic E-state index is 0.0310. The average Bonchev–Trinajstić information content (AvgIpc) is 2.98. The fourth-order valence-electron chi connectivity index (χ4n) is 3.49. The average molecular weight is 356 g/mol. The molecule has 1 aromatic carbocycles. The van der Waals surface area contributed by atoms with Gasteiger partial charge < -0.3 is 10.1 Å². The smallest absolute Gasteiger partial charge is 0.241 e. The Bertz CT molecular complexity index is 733. The van der Waals surface area contributed by atoms with Crippen molar-refractivity contribution in [2.24, 2.45) is 0 Å². The van der Waals surface area contributed by atoms with Crippen LogP contribution in [0.5, 0.6) is 0 Å². The Morgan fingerprint density at radius 1 is 1.23 bits per heavy atom. The minimum Gasteiger partial charge on any atom is -0.373 e. The Labute approximate surface area is 155 Å². The van der Waals surface area contributed by atoms with Crippen LogP contribution < -0.4 is 5.32 Å². The molecule has 1 N–H and O–H groups in total. The summed E-state index contributed by atoms with van der Waals surface area (Å²) < 4.78 is 7.47. The number of nitrogens with one attached hydrogen (secondary N) is 1. The van der Waals surface area contributed by atoms with Crippen LogP contribution in [-0.2, 0) is 29.2 Å². The van der Waals surface area contributed by atoms with Crippen LogP contribution in [0.4, 0.5) is 0 Å². The van der Waals surface area contributed by atoms with Crippen LogP contribution in [0.3, 0.4) is 0 Å². The Morgan fingerprint density at radius 3 is 2.58 bits per heavy atom. The summed E-state index contributed by atoms with van der Waals surface area (Å²) in [6.45, 7) is 9.72. The fraction of sp³-hybridized carbons (Fsp3) is 0.500. The first-order chi connectivity index (χ1) is 12.5. The predicted molar refractivity (Wildman–Crippen MR) is 101 cm³/mol. The van der Waals surface area contributed by atoms with Crippen LogP contribution in [0, 0.1) is 6.92 Å². The van der Waals surface area contributed by atoms with Gasteiger partial charge in [-0.1, -0.05) is 24.3 Å². The number of aryl methyl sites for hydroxylation is 1. The first-order valence-corrected chi connectivity index (χ1v) is 9.20. The van der Waals surface area contributed by atoms with Gasteiger partial charge in [-0.2, -0.15) is 5.10 Å². The Kier molecular flexibility index (Phi) is 6.06. The van der Waals surface area contributed by atoms with Gasteiger partial charge in [0.05, 0.1) is 18.4 Å².